The number of fused-ring (bicyclic) bond motifs is 4. The predicted octanol–water partition coefficient (Wildman–Crippen LogP) is 3.17. The molecule has 6 rings (SSSR count). The Balaban J connectivity index is 1.16. The molecular weight excluding hydrogens is 374 g/mol. The molecule has 4 heterocycles. The second-order valence-electron chi connectivity index (χ2n) is 9.33. The fraction of sp³-hybridized carbons (Fsp3) is 0.520. The first kappa shape index (κ1) is 18.5. The van der Waals surface area contributed by atoms with Gasteiger partial charge in [0.15, 0.2) is 0 Å². The van der Waals surface area contributed by atoms with Gasteiger partial charge < -0.3 is 24.5 Å². The molecule has 0 spiro atoms. The van der Waals surface area contributed by atoms with Crippen LogP contribution in [0.5, 0.6) is 5.75 Å². The number of anilines is 2. The molecule has 5 nitrogen and oxygen atoms in total. The summed E-state index contributed by atoms with van der Waals surface area (Å²) < 4.78 is 5.81. The number of hydrogen-bond donors (Lipinski definition) is 1. The third-order valence-corrected chi connectivity index (χ3v) is 7.70. The number of para-hydroxylation sites is 2. The lowest BCUT2D eigenvalue weighted by Gasteiger charge is -2.41. The van der Waals surface area contributed by atoms with Crippen LogP contribution >= 0.6 is 0 Å². The van der Waals surface area contributed by atoms with E-state index < -0.39 is 6.10 Å². The van der Waals surface area contributed by atoms with Crippen molar-refractivity contribution >= 4 is 11.4 Å². The highest BCUT2D eigenvalue weighted by Gasteiger charge is 2.44. The highest BCUT2D eigenvalue weighted by atomic mass is 16.5. The molecule has 1 fully saturated rings. The van der Waals surface area contributed by atoms with Crippen molar-refractivity contribution in [2.45, 2.75) is 37.3 Å². The first-order valence-corrected chi connectivity index (χ1v) is 11.5. The van der Waals surface area contributed by atoms with E-state index in [9.17, 15) is 5.11 Å². The van der Waals surface area contributed by atoms with Gasteiger partial charge in [0.1, 0.15) is 5.75 Å². The van der Waals surface area contributed by atoms with Crippen molar-refractivity contribution < 1.29 is 9.84 Å². The maximum atomic E-state index is 10.9. The fourth-order valence-electron chi connectivity index (χ4n) is 6.14. The summed E-state index contributed by atoms with van der Waals surface area (Å²) in [6.45, 7) is 6.13. The summed E-state index contributed by atoms with van der Waals surface area (Å²) in [4.78, 5) is 7.66. The molecule has 30 heavy (non-hydrogen) atoms. The molecule has 1 saturated heterocycles. The minimum atomic E-state index is -0.453. The minimum Gasteiger partial charge on any atom is -0.493 e. The van der Waals surface area contributed by atoms with Crippen LogP contribution in [0.3, 0.4) is 0 Å². The zero-order valence-electron chi connectivity index (χ0n) is 17.8. The number of likely N-dealkylation sites (tertiary alicyclic amines) is 1. The minimum absolute atomic E-state index is 0.453. The fourth-order valence-corrected chi connectivity index (χ4v) is 6.14. The summed E-state index contributed by atoms with van der Waals surface area (Å²) in [6.07, 6.45) is 2.47. The zero-order valence-corrected chi connectivity index (χ0v) is 17.8. The van der Waals surface area contributed by atoms with Crippen LogP contribution in [0.15, 0.2) is 36.4 Å². The first-order chi connectivity index (χ1) is 14.7. The van der Waals surface area contributed by atoms with Crippen LogP contribution in [-0.4, -0.2) is 62.4 Å². The van der Waals surface area contributed by atoms with Gasteiger partial charge in [-0.2, -0.15) is 0 Å². The first-order valence-electron chi connectivity index (χ1n) is 11.5. The van der Waals surface area contributed by atoms with Gasteiger partial charge in [-0.25, -0.2) is 0 Å². The molecule has 0 amide bonds. The van der Waals surface area contributed by atoms with Gasteiger partial charge in [-0.3, -0.25) is 0 Å². The van der Waals surface area contributed by atoms with Gasteiger partial charge in [0.2, 0.25) is 0 Å². The number of benzene rings is 2. The standard InChI is InChI=1S/C25H31N3O2/c1-26-13-14-28-21-8-11-27(16-20(21)18-5-3-7-22(26)24(18)28)12-9-23(29)19-6-2-4-17-10-15-30-25(17)19/h2-7,20-21,23,29H,8-16H2,1H3. The largest absolute Gasteiger partial charge is 0.493 e. The molecule has 3 unspecified atom stereocenters. The number of rotatable bonds is 4. The molecule has 0 aromatic heterocycles. The molecule has 5 heteroatoms. The lowest BCUT2D eigenvalue weighted by Crippen LogP contribution is -2.49. The Morgan fingerprint density at radius 2 is 2.03 bits per heavy atom. The van der Waals surface area contributed by atoms with Crippen molar-refractivity contribution in [2.75, 3.05) is 56.2 Å². The maximum absolute atomic E-state index is 10.9. The molecular formula is C25H31N3O2. The average Bonchev–Trinajstić information content (AvgIpc) is 3.38. The van der Waals surface area contributed by atoms with Crippen LogP contribution in [0.4, 0.5) is 11.4 Å². The SMILES string of the molecule is CN1CCN2c3c(cccc31)C1CN(CCC(O)c3cccc4c3OCC4)CCC12. The summed E-state index contributed by atoms with van der Waals surface area (Å²) >= 11 is 0. The van der Waals surface area contributed by atoms with Gasteiger partial charge in [0.05, 0.1) is 24.1 Å². The quantitative estimate of drug-likeness (QED) is 0.846. The van der Waals surface area contributed by atoms with E-state index in [4.69, 9.17) is 4.74 Å². The number of ether oxygens (including phenoxy) is 1. The summed E-state index contributed by atoms with van der Waals surface area (Å²) in [5, 5.41) is 10.9. The molecule has 2 aromatic carbocycles. The van der Waals surface area contributed by atoms with Crippen molar-refractivity contribution in [3.8, 4) is 5.75 Å². The van der Waals surface area contributed by atoms with Crippen LogP contribution in [0.2, 0.25) is 0 Å². The molecule has 2 aromatic rings. The molecule has 0 radical (unpaired) electrons. The second-order valence-corrected chi connectivity index (χ2v) is 9.33. The van der Waals surface area contributed by atoms with Gasteiger partial charge in [-0.1, -0.05) is 30.3 Å². The maximum Gasteiger partial charge on any atom is 0.128 e. The average molecular weight is 406 g/mol. The van der Waals surface area contributed by atoms with Crippen molar-refractivity contribution in [3.05, 3.63) is 53.1 Å². The van der Waals surface area contributed by atoms with Crippen LogP contribution in [0.25, 0.3) is 0 Å². The Labute approximate surface area is 178 Å². The Bertz CT molecular complexity index is 961. The Morgan fingerprint density at radius 3 is 2.97 bits per heavy atom. The van der Waals surface area contributed by atoms with Crippen LogP contribution in [0, 0.1) is 0 Å². The Morgan fingerprint density at radius 1 is 1.13 bits per heavy atom. The van der Waals surface area contributed by atoms with Gasteiger partial charge in [-0.15, -0.1) is 0 Å². The number of likely N-dealkylation sites (N-methyl/N-ethyl adjacent to an activating group) is 1. The molecule has 0 aliphatic carbocycles. The third-order valence-electron chi connectivity index (χ3n) is 7.70. The van der Waals surface area contributed by atoms with E-state index >= 15 is 0 Å². The van der Waals surface area contributed by atoms with Gasteiger partial charge >= 0.3 is 0 Å². The number of hydrogen-bond acceptors (Lipinski definition) is 5. The summed E-state index contributed by atoms with van der Waals surface area (Å²) in [7, 11) is 2.21. The Kier molecular flexibility index (Phi) is 4.43. The molecule has 0 saturated carbocycles. The summed E-state index contributed by atoms with van der Waals surface area (Å²) in [5.41, 5.74) is 6.62. The zero-order chi connectivity index (χ0) is 20.2. The van der Waals surface area contributed by atoms with E-state index in [-0.39, 0.29) is 0 Å². The van der Waals surface area contributed by atoms with E-state index in [0.717, 1.165) is 63.5 Å². The van der Waals surface area contributed by atoms with E-state index in [1.165, 1.54) is 28.9 Å². The van der Waals surface area contributed by atoms with Crippen molar-refractivity contribution in [1.29, 1.82) is 0 Å². The van der Waals surface area contributed by atoms with Crippen LogP contribution in [-0.2, 0) is 6.42 Å². The van der Waals surface area contributed by atoms with Gasteiger partial charge in [0, 0.05) is 63.7 Å². The lowest BCUT2D eigenvalue weighted by molar-refractivity contribution is 0.123. The summed E-state index contributed by atoms with van der Waals surface area (Å²) in [5.74, 6) is 1.51. The normalized spacial score (nSPS) is 25.5. The van der Waals surface area contributed by atoms with E-state index in [1.807, 2.05) is 6.07 Å². The highest BCUT2D eigenvalue weighted by molar-refractivity contribution is 5.80. The lowest BCUT2D eigenvalue weighted by atomic mass is 9.88. The van der Waals surface area contributed by atoms with Crippen LogP contribution < -0.4 is 14.5 Å². The molecule has 1 N–H and O–H groups in total. The van der Waals surface area contributed by atoms with E-state index in [0.29, 0.717) is 12.0 Å². The summed E-state index contributed by atoms with van der Waals surface area (Å²) in [6, 6.07) is 13.7. The van der Waals surface area contributed by atoms with Gasteiger partial charge in [-0.05, 0) is 30.0 Å². The van der Waals surface area contributed by atoms with Crippen molar-refractivity contribution in [1.82, 2.24) is 4.90 Å². The van der Waals surface area contributed by atoms with Gasteiger partial charge in [0.25, 0.3) is 0 Å². The third kappa shape index (κ3) is 2.83. The van der Waals surface area contributed by atoms with Crippen LogP contribution in [0.1, 0.15) is 41.6 Å². The Hall–Kier alpha value is -2.24. The molecule has 158 valence electrons. The molecule has 4 aliphatic heterocycles. The molecule has 3 atom stereocenters. The predicted molar refractivity (Wildman–Crippen MR) is 120 cm³/mol. The van der Waals surface area contributed by atoms with E-state index in [1.54, 1.807) is 0 Å². The van der Waals surface area contributed by atoms with E-state index in [2.05, 4.69) is 52.1 Å². The number of piperidine rings is 1. The number of aliphatic hydroxyl groups excluding tert-OH is 1. The van der Waals surface area contributed by atoms with Crippen molar-refractivity contribution in [2.24, 2.45) is 0 Å². The number of nitrogens with zero attached hydrogens (tertiary/aromatic N) is 3. The second kappa shape index (κ2) is 7.17. The molecule has 4 aliphatic rings. The topological polar surface area (TPSA) is 39.2 Å². The number of aliphatic hydroxyl groups is 1. The van der Waals surface area contributed by atoms with Crippen molar-refractivity contribution in [3.63, 3.8) is 0 Å². The molecule has 0 bridgehead atoms. The monoisotopic (exact) mass is 405 g/mol. The smallest absolute Gasteiger partial charge is 0.128 e. The highest BCUT2D eigenvalue weighted by Crippen LogP contribution is 2.50.